The van der Waals surface area contributed by atoms with Crippen molar-refractivity contribution in [2.75, 3.05) is 13.2 Å². The Bertz CT molecular complexity index is 1190. The van der Waals surface area contributed by atoms with E-state index in [1.807, 2.05) is 61.5 Å². The van der Waals surface area contributed by atoms with Gasteiger partial charge in [-0.05, 0) is 48.4 Å². The fourth-order valence-electron chi connectivity index (χ4n) is 3.33. The summed E-state index contributed by atoms with van der Waals surface area (Å²) >= 11 is 1.32. The molecule has 0 atom stereocenters. The van der Waals surface area contributed by atoms with Gasteiger partial charge < -0.3 is 9.47 Å². The van der Waals surface area contributed by atoms with Gasteiger partial charge in [0.25, 0.3) is 5.91 Å². The summed E-state index contributed by atoms with van der Waals surface area (Å²) in [5.74, 6) is 0.958. The second-order valence-corrected chi connectivity index (χ2v) is 8.24. The van der Waals surface area contributed by atoms with E-state index in [1.54, 1.807) is 6.08 Å². The zero-order valence-corrected chi connectivity index (χ0v) is 19.1. The van der Waals surface area contributed by atoms with Crippen molar-refractivity contribution in [3.8, 4) is 11.5 Å². The van der Waals surface area contributed by atoms with E-state index in [1.165, 1.54) is 16.8 Å². The molecule has 1 N–H and O–H groups in total. The number of hydrazone groups is 1. The number of amides is 1. The molecule has 1 amide bonds. The molecule has 2 aliphatic heterocycles. The van der Waals surface area contributed by atoms with Crippen LogP contribution in [0.15, 0.2) is 76.9 Å². The van der Waals surface area contributed by atoms with E-state index in [4.69, 9.17) is 14.9 Å². The van der Waals surface area contributed by atoms with Crippen LogP contribution in [0.4, 0.5) is 0 Å². The lowest BCUT2D eigenvalue weighted by Crippen LogP contribution is -2.35. The Balaban J connectivity index is 1.46. The monoisotopic (exact) mass is 460 g/mol. The fourth-order valence-corrected chi connectivity index (χ4v) is 4.16. The second kappa shape index (κ2) is 10.3. The van der Waals surface area contributed by atoms with Gasteiger partial charge in [-0.1, -0.05) is 49.4 Å². The molecule has 2 aliphatic rings. The zero-order chi connectivity index (χ0) is 23.2. The van der Waals surface area contributed by atoms with Crippen LogP contribution in [0.3, 0.4) is 0 Å². The number of hydrogen-bond acceptors (Lipinski definition) is 6. The van der Waals surface area contributed by atoms with Gasteiger partial charge in [0.05, 0.1) is 5.57 Å². The van der Waals surface area contributed by atoms with E-state index in [9.17, 15) is 4.79 Å². The first-order chi connectivity index (χ1) is 16.1. The summed E-state index contributed by atoms with van der Waals surface area (Å²) in [6.07, 6.45) is 4.92. The number of nitrogens with one attached hydrogen (secondary N) is 1. The number of para-hydroxylation sites is 2. The maximum Gasteiger partial charge on any atom is 0.283 e. The van der Waals surface area contributed by atoms with Crippen LogP contribution in [0.25, 0.3) is 6.08 Å². The summed E-state index contributed by atoms with van der Waals surface area (Å²) in [7, 11) is 0. The van der Waals surface area contributed by atoms with E-state index in [0.29, 0.717) is 29.7 Å². The van der Waals surface area contributed by atoms with Crippen LogP contribution >= 0.6 is 11.8 Å². The molecule has 2 heterocycles. The highest BCUT2D eigenvalue weighted by atomic mass is 32.2. The lowest BCUT2D eigenvalue weighted by atomic mass is 10.1. The van der Waals surface area contributed by atoms with Crippen LogP contribution in [0.5, 0.6) is 11.5 Å². The Labute approximate surface area is 197 Å². The van der Waals surface area contributed by atoms with Crippen LogP contribution in [-0.4, -0.2) is 40.2 Å². The minimum absolute atomic E-state index is 0.0120. The number of nitrogens with zero attached hydrogens (tertiary/aromatic N) is 3. The topological polar surface area (TPSA) is 87.3 Å². The number of ether oxygens (including phenoxy) is 2. The van der Waals surface area contributed by atoms with Gasteiger partial charge in [-0.25, -0.2) is 0 Å². The van der Waals surface area contributed by atoms with E-state index in [0.717, 1.165) is 29.2 Å². The zero-order valence-electron chi connectivity index (χ0n) is 18.3. The molecule has 2 aromatic carbocycles. The first-order valence-electron chi connectivity index (χ1n) is 10.6. The third-order valence-electron chi connectivity index (χ3n) is 4.95. The molecule has 0 radical (unpaired) electrons. The van der Waals surface area contributed by atoms with Crippen molar-refractivity contribution in [2.45, 2.75) is 19.8 Å². The van der Waals surface area contributed by atoms with Crippen molar-refractivity contribution in [2.24, 2.45) is 10.1 Å². The third-order valence-corrected chi connectivity index (χ3v) is 6.01. The van der Waals surface area contributed by atoms with E-state index in [2.05, 4.69) is 16.7 Å². The Morgan fingerprint density at radius 2 is 1.79 bits per heavy atom. The summed E-state index contributed by atoms with van der Waals surface area (Å²) in [5, 5.41) is 15.5. The molecule has 33 heavy (non-hydrogen) atoms. The van der Waals surface area contributed by atoms with Crippen LogP contribution in [0.1, 0.15) is 24.5 Å². The molecular formula is C25H24N4O3S. The number of thioether (sulfide) groups is 1. The Morgan fingerprint density at radius 1 is 1.09 bits per heavy atom. The molecule has 4 rings (SSSR count). The first kappa shape index (κ1) is 22.5. The van der Waals surface area contributed by atoms with Crippen LogP contribution in [0.2, 0.25) is 0 Å². The van der Waals surface area contributed by atoms with Crippen molar-refractivity contribution in [1.82, 2.24) is 5.01 Å². The van der Waals surface area contributed by atoms with Gasteiger partial charge in [0.2, 0.25) is 5.17 Å². The molecule has 0 fully saturated rings. The average Bonchev–Trinajstić information content (AvgIpc) is 3.25. The predicted molar refractivity (Wildman–Crippen MR) is 133 cm³/mol. The van der Waals surface area contributed by atoms with Gasteiger partial charge in [-0.15, -0.1) is 6.58 Å². The molecule has 7 nitrogen and oxygen atoms in total. The number of rotatable bonds is 9. The largest absolute Gasteiger partial charge is 0.490 e. The van der Waals surface area contributed by atoms with Gasteiger partial charge in [0, 0.05) is 5.56 Å². The molecule has 0 saturated carbocycles. The lowest BCUT2D eigenvalue weighted by Gasteiger charge is -2.20. The van der Waals surface area contributed by atoms with Crippen molar-refractivity contribution < 1.29 is 14.3 Å². The number of fused-ring (bicyclic) bond motifs is 1. The van der Waals surface area contributed by atoms with Gasteiger partial charge in [-0.2, -0.15) is 15.1 Å². The van der Waals surface area contributed by atoms with E-state index < -0.39 is 5.91 Å². The van der Waals surface area contributed by atoms with Gasteiger partial charge in [-0.3, -0.25) is 10.2 Å². The van der Waals surface area contributed by atoms with Crippen LogP contribution in [0, 0.1) is 5.41 Å². The maximum absolute atomic E-state index is 12.6. The SMILES string of the molecule is C=CCc1ccccc1OCCOc1ccccc1/C=C1/C(=N)N2N=C(CC)SC2=NC1=O. The van der Waals surface area contributed by atoms with Crippen molar-refractivity contribution in [3.63, 3.8) is 0 Å². The molecule has 0 aromatic heterocycles. The first-order valence-corrected chi connectivity index (χ1v) is 11.4. The predicted octanol–water partition coefficient (Wildman–Crippen LogP) is 4.90. The summed E-state index contributed by atoms with van der Waals surface area (Å²) in [4.78, 5) is 16.7. The smallest absolute Gasteiger partial charge is 0.283 e. The minimum Gasteiger partial charge on any atom is -0.490 e. The molecular weight excluding hydrogens is 436 g/mol. The Kier molecular flexibility index (Phi) is 7.04. The van der Waals surface area contributed by atoms with Crippen LogP contribution < -0.4 is 9.47 Å². The molecule has 0 unspecified atom stereocenters. The number of carbonyl (C=O) groups is 1. The quantitative estimate of drug-likeness (QED) is 0.327. The van der Waals surface area contributed by atoms with E-state index in [-0.39, 0.29) is 11.4 Å². The van der Waals surface area contributed by atoms with Crippen molar-refractivity contribution >= 4 is 39.8 Å². The second-order valence-electron chi connectivity index (χ2n) is 7.20. The van der Waals surface area contributed by atoms with Crippen LogP contribution in [-0.2, 0) is 11.2 Å². The molecule has 0 spiro atoms. The number of aliphatic imine (C=N–C) groups is 1. The van der Waals surface area contributed by atoms with E-state index >= 15 is 0 Å². The highest BCUT2D eigenvalue weighted by Gasteiger charge is 2.35. The highest BCUT2D eigenvalue weighted by molar-refractivity contribution is 8.26. The number of amidine groups is 2. The Hall–Kier alpha value is -3.65. The molecule has 168 valence electrons. The number of allylic oxidation sites excluding steroid dienone is 1. The number of benzene rings is 2. The summed E-state index contributed by atoms with van der Waals surface area (Å²) in [6, 6.07) is 15.2. The average molecular weight is 461 g/mol. The van der Waals surface area contributed by atoms with Crippen molar-refractivity contribution in [1.29, 1.82) is 5.41 Å². The minimum atomic E-state index is -0.455. The van der Waals surface area contributed by atoms with Gasteiger partial charge >= 0.3 is 0 Å². The summed E-state index contributed by atoms with van der Waals surface area (Å²) in [5.41, 5.74) is 1.93. The lowest BCUT2D eigenvalue weighted by molar-refractivity contribution is -0.114. The standard InChI is InChI=1S/C25H24N4O3S/c1-3-9-17-10-5-7-12-20(17)31-14-15-32-21-13-8-6-11-18(21)16-19-23(26)29-25(27-24(19)30)33-22(4-2)28-29/h3,5-8,10-13,16,26H,1,4,9,14-15H2,2H3/b19-16-,26-23?. The molecule has 0 saturated heterocycles. The number of carbonyl (C=O) groups excluding carboxylic acids is 1. The van der Waals surface area contributed by atoms with Gasteiger partial charge in [0.15, 0.2) is 5.84 Å². The Morgan fingerprint density at radius 3 is 2.55 bits per heavy atom. The molecule has 2 aromatic rings. The molecule has 0 bridgehead atoms. The van der Waals surface area contributed by atoms with Crippen molar-refractivity contribution in [3.05, 3.63) is 77.9 Å². The maximum atomic E-state index is 12.6. The number of hydrogen-bond donors (Lipinski definition) is 1. The fraction of sp³-hybridized carbons (Fsp3) is 0.200. The molecule has 0 aliphatic carbocycles. The normalized spacial score (nSPS) is 16.4. The third kappa shape index (κ3) is 5.06. The molecule has 8 heteroatoms. The summed E-state index contributed by atoms with van der Waals surface area (Å²) in [6.45, 7) is 6.44. The van der Waals surface area contributed by atoms with Gasteiger partial charge in [0.1, 0.15) is 29.8 Å². The summed E-state index contributed by atoms with van der Waals surface area (Å²) < 4.78 is 11.8. The highest BCUT2D eigenvalue weighted by Crippen LogP contribution is 2.30.